The van der Waals surface area contributed by atoms with E-state index in [4.69, 9.17) is 0 Å². The molecule has 29 heavy (non-hydrogen) atoms. The monoisotopic (exact) mass is 396 g/mol. The zero-order valence-electron chi connectivity index (χ0n) is 19.6. The van der Waals surface area contributed by atoms with Gasteiger partial charge in [0.2, 0.25) is 0 Å². The van der Waals surface area contributed by atoms with E-state index in [0.29, 0.717) is 11.8 Å². The third kappa shape index (κ3) is 5.15. The Labute approximate surface area is 180 Å². The summed E-state index contributed by atoms with van der Waals surface area (Å²) in [5, 5.41) is 0. The maximum Gasteiger partial charge on any atom is 0.162 e. The van der Waals surface area contributed by atoms with E-state index < -0.39 is 0 Å². The van der Waals surface area contributed by atoms with Crippen LogP contribution in [0.4, 0.5) is 0 Å². The first-order valence-corrected chi connectivity index (χ1v) is 12.4. The van der Waals surface area contributed by atoms with Crippen LogP contribution in [0.1, 0.15) is 105 Å². The second-order valence-electron chi connectivity index (χ2n) is 10.9. The average Bonchev–Trinajstić information content (AvgIpc) is 2.95. The maximum absolute atomic E-state index is 12.2. The van der Waals surface area contributed by atoms with Gasteiger partial charge >= 0.3 is 0 Å². The molecule has 3 aliphatic carbocycles. The van der Waals surface area contributed by atoms with Crippen LogP contribution in [0.2, 0.25) is 0 Å². The van der Waals surface area contributed by atoms with E-state index >= 15 is 0 Å². The van der Waals surface area contributed by atoms with Gasteiger partial charge in [-0.3, -0.25) is 4.79 Å². The summed E-state index contributed by atoms with van der Waals surface area (Å²) in [6.07, 6.45) is 19.4. The van der Waals surface area contributed by atoms with Crippen LogP contribution in [0.15, 0.2) is 35.5 Å². The molecule has 0 spiro atoms. The van der Waals surface area contributed by atoms with Gasteiger partial charge in [-0.25, -0.2) is 0 Å². The van der Waals surface area contributed by atoms with Gasteiger partial charge in [0.15, 0.2) is 5.78 Å². The molecule has 4 unspecified atom stereocenters. The predicted octanol–water partition coefficient (Wildman–Crippen LogP) is 8.22. The highest BCUT2D eigenvalue weighted by molar-refractivity contribution is 5.99. The van der Waals surface area contributed by atoms with Crippen LogP contribution < -0.4 is 0 Å². The minimum atomic E-state index is 0.261. The molecule has 0 aliphatic heterocycles. The first-order chi connectivity index (χ1) is 13.8. The molecule has 162 valence electrons. The highest BCUT2D eigenvalue weighted by Crippen LogP contribution is 2.59. The molecule has 0 saturated heterocycles. The molecule has 3 saturated carbocycles. The third-order valence-corrected chi connectivity index (χ3v) is 8.49. The van der Waals surface area contributed by atoms with E-state index in [1.54, 1.807) is 5.57 Å². The predicted molar refractivity (Wildman–Crippen MR) is 125 cm³/mol. The van der Waals surface area contributed by atoms with E-state index in [-0.39, 0.29) is 5.78 Å². The Morgan fingerprint density at radius 2 is 1.79 bits per heavy atom. The summed E-state index contributed by atoms with van der Waals surface area (Å²) < 4.78 is 0. The fourth-order valence-electron chi connectivity index (χ4n) is 6.74. The van der Waals surface area contributed by atoms with Gasteiger partial charge in [-0.05, 0) is 86.0 Å². The van der Waals surface area contributed by atoms with Gasteiger partial charge < -0.3 is 0 Å². The molecule has 0 aromatic rings. The van der Waals surface area contributed by atoms with Crippen LogP contribution in [-0.2, 0) is 4.79 Å². The maximum atomic E-state index is 12.2. The molecule has 4 atom stereocenters. The van der Waals surface area contributed by atoms with Gasteiger partial charge in [0.25, 0.3) is 0 Å². The van der Waals surface area contributed by atoms with Crippen molar-refractivity contribution in [3.63, 3.8) is 0 Å². The first-order valence-electron chi connectivity index (χ1n) is 12.4. The van der Waals surface area contributed by atoms with Crippen molar-refractivity contribution in [3.05, 3.63) is 35.5 Å². The van der Waals surface area contributed by atoms with Crippen LogP contribution in [0.25, 0.3) is 0 Å². The Hall–Kier alpha value is -1.11. The lowest BCUT2D eigenvalue weighted by molar-refractivity contribution is -0.115. The van der Waals surface area contributed by atoms with E-state index in [9.17, 15) is 4.79 Å². The van der Waals surface area contributed by atoms with Crippen LogP contribution >= 0.6 is 0 Å². The molecule has 0 aromatic carbocycles. The molecule has 0 N–H and O–H groups in total. The van der Waals surface area contributed by atoms with E-state index in [1.807, 2.05) is 0 Å². The molecule has 3 rings (SSSR count). The molecular weight excluding hydrogens is 352 g/mol. The van der Waals surface area contributed by atoms with Crippen LogP contribution in [-0.4, -0.2) is 5.78 Å². The molecule has 0 heterocycles. The SMILES string of the molecule is C=C1C(=O)CCCC/C1=C/C=C1\CCCC2(C)C1CCC2C(C)CCCC(C)C. The minimum Gasteiger partial charge on any atom is -0.294 e. The third-order valence-electron chi connectivity index (χ3n) is 8.49. The summed E-state index contributed by atoms with van der Waals surface area (Å²) >= 11 is 0. The summed E-state index contributed by atoms with van der Waals surface area (Å²) in [5.74, 6) is 3.57. The van der Waals surface area contributed by atoms with Crippen molar-refractivity contribution in [2.75, 3.05) is 0 Å². The van der Waals surface area contributed by atoms with Crippen molar-refractivity contribution in [2.24, 2.45) is 29.1 Å². The Kier molecular flexibility index (Phi) is 7.63. The minimum absolute atomic E-state index is 0.261. The number of Topliss-reactive ketones (excluding diaryl/α,β-unsaturated/α-hetero) is 1. The lowest BCUT2D eigenvalue weighted by Crippen LogP contribution is -2.36. The van der Waals surface area contributed by atoms with Gasteiger partial charge in [-0.2, -0.15) is 0 Å². The largest absolute Gasteiger partial charge is 0.294 e. The Balaban J connectivity index is 1.72. The van der Waals surface area contributed by atoms with Gasteiger partial charge in [-0.1, -0.05) is 71.3 Å². The van der Waals surface area contributed by atoms with E-state index in [2.05, 4.69) is 46.4 Å². The van der Waals surface area contributed by atoms with Gasteiger partial charge in [-0.15, -0.1) is 0 Å². The molecule has 0 aromatic heterocycles. The average molecular weight is 397 g/mol. The second-order valence-corrected chi connectivity index (χ2v) is 10.9. The quantitative estimate of drug-likeness (QED) is 0.326. The fraction of sp³-hybridized carbons (Fsp3) is 0.750. The molecule has 0 radical (unpaired) electrons. The van der Waals surface area contributed by atoms with Crippen molar-refractivity contribution in [1.82, 2.24) is 0 Å². The van der Waals surface area contributed by atoms with Crippen LogP contribution in [0.3, 0.4) is 0 Å². The highest BCUT2D eigenvalue weighted by Gasteiger charge is 2.50. The van der Waals surface area contributed by atoms with Crippen molar-refractivity contribution < 1.29 is 4.79 Å². The summed E-state index contributed by atoms with van der Waals surface area (Å²) in [7, 11) is 0. The number of fused-ring (bicyclic) bond motifs is 1. The zero-order valence-corrected chi connectivity index (χ0v) is 19.6. The first kappa shape index (κ1) is 22.6. The number of rotatable bonds is 6. The Bertz CT molecular complexity index is 664. The number of hydrogen-bond donors (Lipinski definition) is 0. The topological polar surface area (TPSA) is 17.1 Å². The Morgan fingerprint density at radius 1 is 1.03 bits per heavy atom. The molecular formula is C28H44O. The summed E-state index contributed by atoms with van der Waals surface area (Å²) in [6.45, 7) is 13.9. The lowest BCUT2D eigenvalue weighted by Gasteiger charge is -2.44. The van der Waals surface area contributed by atoms with Crippen LogP contribution in [0, 0.1) is 29.1 Å². The number of allylic oxidation sites excluding steroid dienone is 5. The summed E-state index contributed by atoms with van der Waals surface area (Å²) in [4.78, 5) is 12.2. The smallest absolute Gasteiger partial charge is 0.162 e. The van der Waals surface area contributed by atoms with Crippen molar-refractivity contribution in [3.8, 4) is 0 Å². The molecule has 3 aliphatic rings. The fourth-order valence-corrected chi connectivity index (χ4v) is 6.74. The van der Waals surface area contributed by atoms with Gasteiger partial charge in [0.1, 0.15) is 0 Å². The molecule has 3 fully saturated rings. The molecule has 0 bridgehead atoms. The molecule has 0 amide bonds. The zero-order chi connectivity index (χ0) is 21.0. The number of hydrogen-bond acceptors (Lipinski definition) is 1. The number of ketones is 1. The van der Waals surface area contributed by atoms with Crippen molar-refractivity contribution >= 4 is 5.78 Å². The van der Waals surface area contributed by atoms with Gasteiger partial charge in [0, 0.05) is 12.0 Å². The summed E-state index contributed by atoms with van der Waals surface area (Å²) in [5.41, 5.74) is 4.12. The second kappa shape index (κ2) is 9.80. The van der Waals surface area contributed by atoms with Crippen molar-refractivity contribution in [2.45, 2.75) is 105 Å². The van der Waals surface area contributed by atoms with Crippen LogP contribution in [0.5, 0.6) is 0 Å². The van der Waals surface area contributed by atoms with E-state index in [1.165, 1.54) is 56.9 Å². The van der Waals surface area contributed by atoms with E-state index in [0.717, 1.165) is 48.5 Å². The standard InChI is InChI=1S/C28H44O/c1-20(2)10-8-11-21(3)25-17-18-26-24(13-9-19-28(25,26)5)16-15-23-12-6-7-14-27(29)22(23)4/h15-16,20-21,25-26H,4,6-14,17-19H2,1-3,5H3/b23-15-,24-16+. The lowest BCUT2D eigenvalue weighted by atomic mass is 9.60. The van der Waals surface area contributed by atoms with Gasteiger partial charge in [0.05, 0.1) is 0 Å². The summed E-state index contributed by atoms with van der Waals surface area (Å²) in [6, 6.07) is 0. The Morgan fingerprint density at radius 3 is 2.55 bits per heavy atom. The number of carbonyl (C=O) groups is 1. The van der Waals surface area contributed by atoms with Crippen molar-refractivity contribution in [1.29, 1.82) is 0 Å². The number of carbonyl (C=O) groups excluding carboxylic acids is 1. The molecule has 1 heteroatoms. The molecule has 1 nitrogen and oxygen atoms in total. The normalized spacial score (nSPS) is 34.7. The highest BCUT2D eigenvalue weighted by atomic mass is 16.1.